The summed E-state index contributed by atoms with van der Waals surface area (Å²) in [6, 6.07) is 3.63. The van der Waals surface area contributed by atoms with Crippen LogP contribution in [-0.2, 0) is 7.05 Å². The number of carbonyl (C=O) groups is 1. The number of likely N-dealkylation sites (tertiary alicyclic amines) is 1. The Morgan fingerprint density at radius 2 is 2.37 bits per heavy atom. The number of amides is 1. The Balaban J connectivity index is 1.88. The third-order valence-corrected chi connectivity index (χ3v) is 3.53. The monoisotopic (exact) mass is 260 g/mol. The molecule has 0 spiro atoms. The molecule has 1 atom stereocenters. The largest absolute Gasteiger partial charge is 0.359 e. The summed E-state index contributed by atoms with van der Waals surface area (Å²) in [4.78, 5) is 14.4. The molecule has 2 aromatic heterocycles. The molecule has 3 heterocycles. The molecule has 100 valence electrons. The van der Waals surface area contributed by atoms with Crippen molar-refractivity contribution in [3.05, 3.63) is 35.5 Å². The Morgan fingerprint density at radius 3 is 3.00 bits per heavy atom. The molecular weight excluding hydrogens is 244 g/mol. The molecule has 19 heavy (non-hydrogen) atoms. The number of nitrogens with zero attached hydrogens (tertiary/aromatic N) is 4. The summed E-state index contributed by atoms with van der Waals surface area (Å²) < 4.78 is 6.91. The van der Waals surface area contributed by atoms with Crippen LogP contribution in [0.3, 0.4) is 0 Å². The fraction of sp³-hybridized carbons (Fsp3) is 0.462. The average molecular weight is 260 g/mol. The normalized spacial score (nSPS) is 19.1. The zero-order chi connectivity index (χ0) is 13.4. The molecule has 1 saturated heterocycles. The van der Waals surface area contributed by atoms with Gasteiger partial charge in [-0.1, -0.05) is 5.16 Å². The highest BCUT2D eigenvalue weighted by molar-refractivity contribution is 5.92. The fourth-order valence-corrected chi connectivity index (χ4v) is 2.58. The molecule has 1 aliphatic heterocycles. The van der Waals surface area contributed by atoms with Gasteiger partial charge < -0.3 is 9.42 Å². The van der Waals surface area contributed by atoms with Crippen molar-refractivity contribution in [1.82, 2.24) is 19.8 Å². The van der Waals surface area contributed by atoms with Crippen LogP contribution in [0, 0.1) is 6.92 Å². The standard InChI is InChI=1S/C13H16N4O2/c1-9-8-12(19-15-9)10-4-3-7-17(10)13(18)11-5-6-14-16(11)2/h5-6,8,10H,3-4,7H2,1-2H3/t10-/m1/s1. The minimum atomic E-state index is -0.0106. The summed E-state index contributed by atoms with van der Waals surface area (Å²) in [6.07, 6.45) is 3.53. The zero-order valence-corrected chi connectivity index (χ0v) is 11.0. The highest BCUT2D eigenvalue weighted by Crippen LogP contribution is 2.33. The van der Waals surface area contributed by atoms with Gasteiger partial charge in [0.2, 0.25) is 0 Å². The Bertz CT molecular complexity index is 601. The van der Waals surface area contributed by atoms with Gasteiger partial charge in [0.25, 0.3) is 5.91 Å². The second kappa shape index (κ2) is 4.53. The highest BCUT2D eigenvalue weighted by atomic mass is 16.5. The van der Waals surface area contributed by atoms with E-state index < -0.39 is 0 Å². The number of aromatic nitrogens is 3. The van der Waals surface area contributed by atoms with Gasteiger partial charge in [0.05, 0.1) is 11.7 Å². The molecular formula is C13H16N4O2. The maximum Gasteiger partial charge on any atom is 0.272 e. The van der Waals surface area contributed by atoms with Crippen LogP contribution in [0.1, 0.15) is 40.8 Å². The van der Waals surface area contributed by atoms with E-state index in [4.69, 9.17) is 4.52 Å². The highest BCUT2D eigenvalue weighted by Gasteiger charge is 2.34. The van der Waals surface area contributed by atoms with E-state index in [1.165, 1.54) is 0 Å². The molecule has 6 heteroatoms. The SMILES string of the molecule is Cc1cc([C@H]2CCCN2C(=O)c2ccnn2C)on1. The predicted octanol–water partition coefficient (Wildman–Crippen LogP) is 1.69. The molecule has 0 radical (unpaired) electrons. The van der Waals surface area contributed by atoms with E-state index in [1.54, 1.807) is 24.0 Å². The van der Waals surface area contributed by atoms with Crippen molar-refractivity contribution in [3.8, 4) is 0 Å². The van der Waals surface area contributed by atoms with Crippen molar-refractivity contribution < 1.29 is 9.32 Å². The lowest BCUT2D eigenvalue weighted by atomic mass is 10.1. The van der Waals surface area contributed by atoms with Crippen LogP contribution in [-0.4, -0.2) is 32.3 Å². The van der Waals surface area contributed by atoms with Crippen LogP contribution in [0.2, 0.25) is 0 Å². The Kier molecular flexibility index (Phi) is 2.85. The van der Waals surface area contributed by atoms with E-state index >= 15 is 0 Å². The van der Waals surface area contributed by atoms with E-state index in [9.17, 15) is 4.79 Å². The zero-order valence-electron chi connectivity index (χ0n) is 11.0. The van der Waals surface area contributed by atoms with Gasteiger partial charge in [-0.05, 0) is 25.8 Å². The Morgan fingerprint density at radius 1 is 1.53 bits per heavy atom. The molecule has 2 aromatic rings. The van der Waals surface area contributed by atoms with Crippen LogP contribution in [0.25, 0.3) is 0 Å². The first-order chi connectivity index (χ1) is 9.16. The van der Waals surface area contributed by atoms with Crippen molar-refractivity contribution in [2.45, 2.75) is 25.8 Å². The maximum atomic E-state index is 12.5. The molecule has 6 nitrogen and oxygen atoms in total. The molecule has 0 aliphatic carbocycles. The van der Waals surface area contributed by atoms with E-state index in [0.29, 0.717) is 5.69 Å². The first-order valence-corrected chi connectivity index (χ1v) is 6.39. The first-order valence-electron chi connectivity index (χ1n) is 6.39. The second-order valence-corrected chi connectivity index (χ2v) is 4.87. The predicted molar refractivity (Wildman–Crippen MR) is 67.5 cm³/mol. The first kappa shape index (κ1) is 12.0. The summed E-state index contributed by atoms with van der Waals surface area (Å²) in [6.45, 7) is 2.63. The van der Waals surface area contributed by atoms with E-state index in [-0.39, 0.29) is 11.9 Å². The van der Waals surface area contributed by atoms with Crippen LogP contribution < -0.4 is 0 Å². The third kappa shape index (κ3) is 2.03. The van der Waals surface area contributed by atoms with Gasteiger partial charge in [-0.2, -0.15) is 5.10 Å². The molecule has 0 unspecified atom stereocenters. The summed E-state index contributed by atoms with van der Waals surface area (Å²) in [7, 11) is 1.77. The molecule has 0 bridgehead atoms. The number of aryl methyl sites for hydroxylation is 2. The van der Waals surface area contributed by atoms with Crippen LogP contribution in [0.4, 0.5) is 0 Å². The van der Waals surface area contributed by atoms with Gasteiger partial charge >= 0.3 is 0 Å². The van der Waals surface area contributed by atoms with Gasteiger partial charge in [0, 0.05) is 25.9 Å². The number of rotatable bonds is 2. The summed E-state index contributed by atoms with van der Waals surface area (Å²) >= 11 is 0. The quantitative estimate of drug-likeness (QED) is 0.824. The van der Waals surface area contributed by atoms with Gasteiger partial charge in [0.1, 0.15) is 5.69 Å². The van der Waals surface area contributed by atoms with Crippen molar-refractivity contribution in [2.24, 2.45) is 7.05 Å². The van der Waals surface area contributed by atoms with E-state index in [2.05, 4.69) is 10.3 Å². The Hall–Kier alpha value is -2.11. The van der Waals surface area contributed by atoms with Gasteiger partial charge in [-0.3, -0.25) is 9.48 Å². The van der Waals surface area contributed by atoms with Crippen molar-refractivity contribution in [2.75, 3.05) is 6.54 Å². The molecule has 0 saturated carbocycles. The van der Waals surface area contributed by atoms with Crippen LogP contribution >= 0.6 is 0 Å². The van der Waals surface area contributed by atoms with Gasteiger partial charge in [0.15, 0.2) is 5.76 Å². The van der Waals surface area contributed by atoms with Gasteiger partial charge in [-0.15, -0.1) is 0 Å². The average Bonchev–Trinajstić information content (AvgIpc) is 3.07. The van der Waals surface area contributed by atoms with Crippen LogP contribution in [0.5, 0.6) is 0 Å². The molecule has 3 rings (SSSR count). The van der Waals surface area contributed by atoms with Crippen molar-refractivity contribution >= 4 is 5.91 Å². The van der Waals surface area contributed by atoms with Gasteiger partial charge in [-0.25, -0.2) is 0 Å². The lowest BCUT2D eigenvalue weighted by Crippen LogP contribution is -2.31. The molecule has 1 fully saturated rings. The minimum absolute atomic E-state index is 0.00319. The molecule has 1 aliphatic rings. The summed E-state index contributed by atoms with van der Waals surface area (Å²) in [5.74, 6) is 0.766. The smallest absolute Gasteiger partial charge is 0.272 e. The maximum absolute atomic E-state index is 12.5. The Labute approximate surface area is 111 Å². The molecule has 1 amide bonds. The number of hydrogen-bond donors (Lipinski definition) is 0. The lowest BCUT2D eigenvalue weighted by molar-refractivity contribution is 0.0703. The number of carbonyl (C=O) groups excluding carboxylic acids is 1. The van der Waals surface area contributed by atoms with E-state index in [0.717, 1.165) is 30.8 Å². The fourth-order valence-electron chi connectivity index (χ4n) is 2.58. The van der Waals surface area contributed by atoms with Crippen molar-refractivity contribution in [1.29, 1.82) is 0 Å². The summed E-state index contributed by atoms with van der Waals surface area (Å²) in [5, 5.41) is 7.95. The number of hydrogen-bond acceptors (Lipinski definition) is 4. The summed E-state index contributed by atoms with van der Waals surface area (Å²) in [5.41, 5.74) is 1.44. The third-order valence-electron chi connectivity index (χ3n) is 3.53. The minimum Gasteiger partial charge on any atom is -0.359 e. The second-order valence-electron chi connectivity index (χ2n) is 4.87. The van der Waals surface area contributed by atoms with E-state index in [1.807, 2.05) is 17.9 Å². The molecule has 0 aromatic carbocycles. The van der Waals surface area contributed by atoms with Crippen LogP contribution in [0.15, 0.2) is 22.9 Å². The topological polar surface area (TPSA) is 64.2 Å². The lowest BCUT2D eigenvalue weighted by Gasteiger charge is -2.22. The van der Waals surface area contributed by atoms with Crippen molar-refractivity contribution in [3.63, 3.8) is 0 Å². The molecule has 0 N–H and O–H groups in total.